The number of ketones is 1. The van der Waals surface area contributed by atoms with Crippen LogP contribution in [0.2, 0.25) is 10.0 Å². The highest BCUT2D eigenvalue weighted by atomic mass is 35.5. The lowest BCUT2D eigenvalue weighted by atomic mass is 9.95. The Morgan fingerprint density at radius 2 is 1.88 bits per heavy atom. The van der Waals surface area contributed by atoms with Crippen molar-refractivity contribution in [2.24, 2.45) is 12.0 Å². The fraction of sp³-hybridized carbons (Fsp3) is 0.160. The number of nitrogens with zero attached hydrogens (tertiary/aromatic N) is 2. The zero-order valence-electron chi connectivity index (χ0n) is 17.2. The van der Waals surface area contributed by atoms with Crippen molar-refractivity contribution in [2.75, 3.05) is 0 Å². The quantitative estimate of drug-likeness (QED) is 0.476. The number of carbonyl (C=O) groups excluding carboxylic acids is 1. The fourth-order valence-electron chi connectivity index (χ4n) is 4.16. The molecule has 1 N–H and O–H groups in total. The van der Waals surface area contributed by atoms with Crippen LogP contribution >= 0.6 is 23.2 Å². The van der Waals surface area contributed by atoms with Crippen molar-refractivity contribution in [2.45, 2.75) is 18.9 Å². The number of Topliss-reactive ketones (excluding diaryl/α,β-unsaturated/α-hetero) is 1. The van der Waals surface area contributed by atoms with E-state index in [0.717, 1.165) is 33.3 Å². The highest BCUT2D eigenvalue weighted by Gasteiger charge is 2.27. The molecule has 1 atom stereocenters. The first-order valence-corrected chi connectivity index (χ1v) is 11.0. The van der Waals surface area contributed by atoms with Gasteiger partial charge in [0.1, 0.15) is 6.04 Å². The number of hydrogen-bond donors (Lipinski definition) is 1. The summed E-state index contributed by atoms with van der Waals surface area (Å²) in [6.45, 7) is 0. The number of benzene rings is 3. The number of halogens is 2. The summed E-state index contributed by atoms with van der Waals surface area (Å²) in [4.78, 5) is 33.0. The van der Waals surface area contributed by atoms with Gasteiger partial charge in [-0.25, -0.2) is 4.79 Å². The maximum absolute atomic E-state index is 13.2. The molecule has 0 unspecified atom stereocenters. The zero-order valence-corrected chi connectivity index (χ0v) is 18.7. The van der Waals surface area contributed by atoms with Gasteiger partial charge in [0.05, 0.1) is 16.7 Å². The van der Waals surface area contributed by atoms with E-state index in [0.29, 0.717) is 22.2 Å². The van der Waals surface area contributed by atoms with Crippen molar-refractivity contribution < 1.29 is 4.79 Å². The number of fused-ring (bicyclic) bond motifs is 2. The van der Waals surface area contributed by atoms with Crippen LogP contribution in [0.25, 0.3) is 11.0 Å². The second-order valence-electron chi connectivity index (χ2n) is 7.95. The van der Waals surface area contributed by atoms with Crippen molar-refractivity contribution in [1.82, 2.24) is 9.55 Å². The Morgan fingerprint density at radius 1 is 1.06 bits per heavy atom. The second kappa shape index (κ2) is 8.08. The van der Waals surface area contributed by atoms with Gasteiger partial charge in [-0.2, -0.15) is 0 Å². The Bertz CT molecular complexity index is 1470. The summed E-state index contributed by atoms with van der Waals surface area (Å²) in [7, 11) is 1.72. The normalized spacial score (nSPS) is 16.0. The van der Waals surface area contributed by atoms with E-state index in [1.54, 1.807) is 17.7 Å². The van der Waals surface area contributed by atoms with Crippen LogP contribution in [0.15, 0.2) is 70.5 Å². The predicted octanol–water partition coefficient (Wildman–Crippen LogP) is 4.75. The van der Waals surface area contributed by atoms with Crippen LogP contribution in [0, 0.1) is 0 Å². The summed E-state index contributed by atoms with van der Waals surface area (Å²) in [5, 5.41) is 1.19. The minimum absolute atomic E-state index is 0.0265. The third-order valence-electron chi connectivity index (χ3n) is 5.90. The molecule has 5 rings (SSSR count). The van der Waals surface area contributed by atoms with Gasteiger partial charge in [0.15, 0.2) is 5.78 Å². The van der Waals surface area contributed by atoms with E-state index in [2.05, 4.69) is 4.98 Å². The minimum atomic E-state index is -0.582. The molecule has 1 aromatic heterocycles. The highest BCUT2D eigenvalue weighted by molar-refractivity contribution is 6.32. The third-order valence-corrected chi connectivity index (χ3v) is 6.50. The molecule has 0 aliphatic carbocycles. The van der Waals surface area contributed by atoms with Crippen LogP contribution in [0.1, 0.15) is 22.3 Å². The Kier molecular flexibility index (Phi) is 5.24. The molecule has 3 aromatic carbocycles. The molecule has 4 aromatic rings. The molecule has 0 saturated heterocycles. The van der Waals surface area contributed by atoms with Gasteiger partial charge in [-0.05, 0) is 41.5 Å². The Balaban J connectivity index is 1.69. The Labute approximate surface area is 194 Å². The van der Waals surface area contributed by atoms with E-state index in [1.165, 1.54) is 0 Å². The first-order chi connectivity index (χ1) is 15.4. The average molecular weight is 464 g/mol. The second-order valence-corrected chi connectivity index (χ2v) is 8.80. The standard InChI is InChI=1S/C25H19Cl2N3O2/c1-30-22-11-16(7-9-20(22)29-25(30)32)24-18-13-17(26)8-6-14(18)12-23(31)21(28-24)10-15-4-2-3-5-19(15)27/h2-9,11,13,21H,10,12H2,1H3,(H,29,32)/t21-/m0/s1. The van der Waals surface area contributed by atoms with Gasteiger partial charge in [0.2, 0.25) is 0 Å². The summed E-state index contributed by atoms with van der Waals surface area (Å²) in [6, 6.07) is 18.1. The summed E-state index contributed by atoms with van der Waals surface area (Å²) >= 11 is 12.7. The summed E-state index contributed by atoms with van der Waals surface area (Å²) < 4.78 is 1.56. The first kappa shape index (κ1) is 20.7. The molecule has 160 valence electrons. The van der Waals surface area contributed by atoms with Gasteiger partial charge in [0.25, 0.3) is 0 Å². The highest BCUT2D eigenvalue weighted by Crippen LogP contribution is 2.28. The lowest BCUT2D eigenvalue weighted by Gasteiger charge is -2.13. The molecular weight excluding hydrogens is 445 g/mol. The van der Waals surface area contributed by atoms with Gasteiger partial charge >= 0.3 is 5.69 Å². The molecule has 2 heterocycles. The lowest BCUT2D eigenvalue weighted by Crippen LogP contribution is -2.23. The Hall–Kier alpha value is -3.15. The molecule has 0 spiro atoms. The topological polar surface area (TPSA) is 67.2 Å². The number of rotatable bonds is 3. The molecule has 7 heteroatoms. The van der Waals surface area contributed by atoms with Gasteiger partial charge in [-0.3, -0.25) is 14.4 Å². The van der Waals surface area contributed by atoms with Crippen LogP contribution in [0.4, 0.5) is 0 Å². The largest absolute Gasteiger partial charge is 0.326 e. The monoisotopic (exact) mass is 463 g/mol. The van der Waals surface area contributed by atoms with Crippen molar-refractivity contribution in [3.63, 3.8) is 0 Å². The van der Waals surface area contributed by atoms with E-state index in [4.69, 9.17) is 28.2 Å². The summed E-state index contributed by atoms with van der Waals surface area (Å²) in [5.74, 6) is 0.0265. The molecule has 0 bridgehead atoms. The van der Waals surface area contributed by atoms with Gasteiger partial charge in [-0.1, -0.05) is 53.5 Å². The number of H-pyrrole nitrogens is 1. The predicted molar refractivity (Wildman–Crippen MR) is 128 cm³/mol. The number of carbonyl (C=O) groups is 1. The molecule has 32 heavy (non-hydrogen) atoms. The molecule has 5 nitrogen and oxygen atoms in total. The van der Waals surface area contributed by atoms with Crippen molar-refractivity contribution in [3.8, 4) is 0 Å². The van der Waals surface area contributed by atoms with Gasteiger partial charge in [-0.15, -0.1) is 0 Å². The number of aliphatic imine (C=N–C) groups is 1. The molecule has 0 amide bonds. The van der Waals surface area contributed by atoms with Crippen molar-refractivity contribution in [3.05, 3.63) is 103 Å². The maximum atomic E-state index is 13.2. The lowest BCUT2D eigenvalue weighted by molar-refractivity contribution is -0.119. The van der Waals surface area contributed by atoms with E-state index >= 15 is 0 Å². The summed E-state index contributed by atoms with van der Waals surface area (Å²) in [5.41, 5.74) is 5.39. The van der Waals surface area contributed by atoms with Gasteiger partial charge < -0.3 is 4.98 Å². The van der Waals surface area contributed by atoms with Crippen molar-refractivity contribution >= 4 is 45.7 Å². The average Bonchev–Trinajstić information content (AvgIpc) is 2.98. The molecule has 0 saturated carbocycles. The van der Waals surface area contributed by atoms with E-state index in [-0.39, 0.29) is 17.9 Å². The molecule has 1 aliphatic rings. The smallest absolute Gasteiger partial charge is 0.306 e. The van der Waals surface area contributed by atoms with E-state index < -0.39 is 6.04 Å². The van der Waals surface area contributed by atoms with Crippen molar-refractivity contribution in [1.29, 1.82) is 0 Å². The number of aryl methyl sites for hydroxylation is 1. The molecule has 0 fully saturated rings. The van der Waals surface area contributed by atoms with Crippen LogP contribution in [-0.4, -0.2) is 27.1 Å². The first-order valence-electron chi connectivity index (χ1n) is 10.2. The number of aromatic nitrogens is 2. The summed E-state index contributed by atoms with van der Waals surface area (Å²) in [6.07, 6.45) is 0.675. The van der Waals surface area contributed by atoms with E-state index in [9.17, 15) is 9.59 Å². The SMILES string of the molecule is Cn1c(=O)[nH]c2ccc(C3=N[C@@H](Cc4ccccc4Cl)C(=O)Cc4ccc(Cl)cc43)cc21. The minimum Gasteiger partial charge on any atom is -0.306 e. The fourth-order valence-corrected chi connectivity index (χ4v) is 4.54. The number of nitrogens with one attached hydrogen (secondary N) is 1. The Morgan fingerprint density at radius 3 is 2.69 bits per heavy atom. The third kappa shape index (κ3) is 3.68. The molecule has 0 radical (unpaired) electrons. The van der Waals surface area contributed by atoms with Crippen LogP contribution < -0.4 is 5.69 Å². The molecular formula is C25H19Cl2N3O2. The van der Waals surface area contributed by atoms with Crippen LogP contribution in [-0.2, 0) is 24.7 Å². The molecule has 1 aliphatic heterocycles. The number of aromatic amines is 1. The number of imidazole rings is 1. The zero-order chi connectivity index (χ0) is 22.4. The number of hydrogen-bond acceptors (Lipinski definition) is 3. The van der Waals surface area contributed by atoms with Gasteiger partial charge in [0, 0.05) is 41.1 Å². The maximum Gasteiger partial charge on any atom is 0.326 e. The van der Waals surface area contributed by atoms with Crippen LogP contribution in [0.5, 0.6) is 0 Å². The van der Waals surface area contributed by atoms with E-state index in [1.807, 2.05) is 54.6 Å². The van der Waals surface area contributed by atoms with Crippen LogP contribution in [0.3, 0.4) is 0 Å².